The van der Waals surface area contributed by atoms with Gasteiger partial charge in [0, 0.05) is 18.2 Å². The number of aromatic nitrogens is 1. The molecule has 0 spiro atoms. The quantitative estimate of drug-likeness (QED) is 0.570. The maximum atomic E-state index is 12.4. The second-order valence-electron chi connectivity index (χ2n) is 6.55. The fraction of sp³-hybridized carbons (Fsp3) is 0.381. The lowest BCUT2D eigenvalue weighted by atomic mass is 9.96. The number of halogens is 1. The first kappa shape index (κ1) is 20.9. The van der Waals surface area contributed by atoms with E-state index in [4.69, 9.17) is 16.3 Å². The molecule has 2 rings (SSSR count). The summed E-state index contributed by atoms with van der Waals surface area (Å²) < 4.78 is 5.30. The van der Waals surface area contributed by atoms with Crippen LogP contribution < -0.4 is 5.32 Å². The molecular weight excluding hydrogens is 364 g/mol. The second kappa shape index (κ2) is 9.51. The Kier molecular flexibility index (Phi) is 7.36. The second-order valence-corrected chi connectivity index (χ2v) is 6.91. The van der Waals surface area contributed by atoms with Gasteiger partial charge in [0.1, 0.15) is 5.15 Å². The highest BCUT2D eigenvalue weighted by atomic mass is 35.5. The SMILES string of the molecule is CC[C@@H](CNC(=O)[C@@H](C)OC(=O)c1c(C)cc(C)nc1Cl)c1ccccc1. The molecule has 5 nitrogen and oxygen atoms in total. The minimum Gasteiger partial charge on any atom is -0.449 e. The van der Waals surface area contributed by atoms with Gasteiger partial charge in [-0.05, 0) is 44.4 Å². The molecule has 2 atom stereocenters. The fourth-order valence-electron chi connectivity index (χ4n) is 2.90. The maximum Gasteiger partial charge on any atom is 0.342 e. The van der Waals surface area contributed by atoms with Crippen LogP contribution in [0.5, 0.6) is 0 Å². The van der Waals surface area contributed by atoms with Crippen molar-refractivity contribution in [3.05, 3.63) is 63.9 Å². The highest BCUT2D eigenvalue weighted by Crippen LogP contribution is 2.21. The predicted octanol–water partition coefficient (Wildman–Crippen LogP) is 4.21. The Bertz CT molecular complexity index is 785. The molecule has 1 heterocycles. The van der Waals surface area contributed by atoms with Crippen LogP contribution in [0.2, 0.25) is 5.15 Å². The fourth-order valence-corrected chi connectivity index (χ4v) is 3.26. The summed E-state index contributed by atoms with van der Waals surface area (Å²) in [6.45, 7) is 7.64. The summed E-state index contributed by atoms with van der Waals surface area (Å²) in [6, 6.07) is 11.7. The normalized spacial score (nSPS) is 12.9. The number of esters is 1. The van der Waals surface area contributed by atoms with Crippen LogP contribution in [0, 0.1) is 13.8 Å². The molecule has 0 saturated carbocycles. The van der Waals surface area contributed by atoms with Crippen LogP contribution in [0.4, 0.5) is 0 Å². The molecule has 1 aromatic carbocycles. The standard InChI is InChI=1S/C21H25ClN2O3/c1-5-16(17-9-7-6-8-10-17)12-23-20(25)15(4)27-21(26)18-13(2)11-14(3)24-19(18)22/h6-11,15-16H,5,12H2,1-4H3,(H,23,25)/t15-,16+/m1/s1. The van der Waals surface area contributed by atoms with E-state index >= 15 is 0 Å². The molecule has 0 aliphatic heterocycles. The number of carbonyl (C=O) groups excluding carboxylic acids is 2. The number of pyridine rings is 1. The highest BCUT2D eigenvalue weighted by Gasteiger charge is 2.23. The molecule has 0 fully saturated rings. The van der Waals surface area contributed by atoms with Crippen molar-refractivity contribution in [1.82, 2.24) is 10.3 Å². The van der Waals surface area contributed by atoms with E-state index in [1.165, 1.54) is 0 Å². The Morgan fingerprint density at radius 1 is 1.22 bits per heavy atom. The Balaban J connectivity index is 1.96. The van der Waals surface area contributed by atoms with Crippen molar-refractivity contribution in [3.63, 3.8) is 0 Å². The molecule has 0 saturated heterocycles. The van der Waals surface area contributed by atoms with Crippen molar-refractivity contribution in [2.45, 2.75) is 46.1 Å². The van der Waals surface area contributed by atoms with E-state index in [-0.39, 0.29) is 22.5 Å². The first-order valence-corrected chi connectivity index (χ1v) is 9.38. The Morgan fingerprint density at radius 2 is 1.89 bits per heavy atom. The molecule has 1 aromatic heterocycles. The Hall–Kier alpha value is -2.40. The van der Waals surface area contributed by atoms with Gasteiger partial charge in [0.25, 0.3) is 5.91 Å². The van der Waals surface area contributed by atoms with Gasteiger partial charge in [0.05, 0.1) is 5.56 Å². The molecule has 0 aliphatic rings. The minimum absolute atomic E-state index is 0.0835. The minimum atomic E-state index is -0.928. The van der Waals surface area contributed by atoms with Gasteiger partial charge in [-0.15, -0.1) is 0 Å². The average molecular weight is 389 g/mol. The molecule has 27 heavy (non-hydrogen) atoms. The average Bonchev–Trinajstić information content (AvgIpc) is 2.62. The molecule has 6 heteroatoms. The van der Waals surface area contributed by atoms with Crippen LogP contribution in [0.15, 0.2) is 36.4 Å². The molecular formula is C21H25ClN2O3. The third kappa shape index (κ3) is 5.54. The Labute approximate surface area is 165 Å². The van der Waals surface area contributed by atoms with E-state index in [0.717, 1.165) is 12.0 Å². The van der Waals surface area contributed by atoms with Gasteiger partial charge in [-0.25, -0.2) is 9.78 Å². The van der Waals surface area contributed by atoms with Crippen LogP contribution in [0.25, 0.3) is 0 Å². The van der Waals surface area contributed by atoms with Gasteiger partial charge in [-0.1, -0.05) is 48.9 Å². The number of nitrogens with zero attached hydrogens (tertiary/aromatic N) is 1. The summed E-state index contributed by atoms with van der Waals surface area (Å²) in [5.74, 6) is -0.787. The van der Waals surface area contributed by atoms with Gasteiger partial charge in [-0.3, -0.25) is 4.79 Å². The summed E-state index contributed by atoms with van der Waals surface area (Å²) in [4.78, 5) is 28.8. The number of hydrogen-bond donors (Lipinski definition) is 1. The first-order valence-electron chi connectivity index (χ1n) is 9.00. The molecule has 144 valence electrons. The number of benzene rings is 1. The summed E-state index contributed by atoms with van der Waals surface area (Å²) >= 11 is 6.07. The number of rotatable bonds is 7. The highest BCUT2D eigenvalue weighted by molar-refractivity contribution is 6.32. The molecule has 1 amide bonds. The summed E-state index contributed by atoms with van der Waals surface area (Å²) in [5.41, 5.74) is 2.74. The molecule has 0 aliphatic carbocycles. The lowest BCUT2D eigenvalue weighted by Gasteiger charge is -2.19. The van der Waals surface area contributed by atoms with Crippen LogP contribution in [-0.4, -0.2) is 29.5 Å². The lowest BCUT2D eigenvalue weighted by molar-refractivity contribution is -0.129. The third-order valence-corrected chi connectivity index (χ3v) is 4.72. The van der Waals surface area contributed by atoms with Crippen molar-refractivity contribution in [2.24, 2.45) is 0 Å². The number of nitrogens with one attached hydrogen (secondary N) is 1. The zero-order chi connectivity index (χ0) is 20.0. The van der Waals surface area contributed by atoms with E-state index in [9.17, 15) is 9.59 Å². The number of amides is 1. The maximum absolute atomic E-state index is 12.4. The first-order chi connectivity index (χ1) is 12.8. The lowest BCUT2D eigenvalue weighted by Crippen LogP contribution is -2.38. The molecule has 0 radical (unpaired) electrons. The van der Waals surface area contributed by atoms with Crippen LogP contribution in [0.3, 0.4) is 0 Å². The van der Waals surface area contributed by atoms with E-state index in [1.807, 2.05) is 30.3 Å². The topological polar surface area (TPSA) is 68.3 Å². The van der Waals surface area contributed by atoms with Gasteiger partial charge < -0.3 is 10.1 Å². The van der Waals surface area contributed by atoms with E-state index in [0.29, 0.717) is 17.8 Å². The number of carbonyl (C=O) groups is 2. The number of ether oxygens (including phenoxy) is 1. The van der Waals surface area contributed by atoms with Crippen LogP contribution in [0.1, 0.15) is 53.4 Å². The number of hydrogen-bond acceptors (Lipinski definition) is 4. The molecule has 0 unspecified atom stereocenters. The van der Waals surface area contributed by atoms with Gasteiger partial charge in [-0.2, -0.15) is 0 Å². The van der Waals surface area contributed by atoms with Crippen molar-refractivity contribution >= 4 is 23.5 Å². The summed E-state index contributed by atoms with van der Waals surface area (Å²) in [5, 5.41) is 2.95. The predicted molar refractivity (Wildman–Crippen MR) is 106 cm³/mol. The molecule has 1 N–H and O–H groups in total. The van der Waals surface area contributed by atoms with Crippen molar-refractivity contribution in [2.75, 3.05) is 6.54 Å². The van der Waals surface area contributed by atoms with E-state index in [2.05, 4.69) is 17.2 Å². The van der Waals surface area contributed by atoms with Crippen molar-refractivity contribution in [1.29, 1.82) is 0 Å². The zero-order valence-electron chi connectivity index (χ0n) is 16.1. The van der Waals surface area contributed by atoms with E-state index in [1.54, 1.807) is 26.8 Å². The van der Waals surface area contributed by atoms with Gasteiger partial charge in [0.2, 0.25) is 0 Å². The Morgan fingerprint density at radius 3 is 2.48 bits per heavy atom. The molecule has 0 bridgehead atoms. The molecule has 2 aromatic rings. The summed E-state index contributed by atoms with van der Waals surface area (Å²) in [7, 11) is 0. The van der Waals surface area contributed by atoms with Gasteiger partial charge in [0.15, 0.2) is 6.10 Å². The smallest absolute Gasteiger partial charge is 0.342 e. The third-order valence-electron chi connectivity index (χ3n) is 4.44. The summed E-state index contributed by atoms with van der Waals surface area (Å²) in [6.07, 6.45) is -0.0370. The van der Waals surface area contributed by atoms with Crippen LogP contribution in [-0.2, 0) is 9.53 Å². The zero-order valence-corrected chi connectivity index (χ0v) is 16.8. The van der Waals surface area contributed by atoms with Crippen LogP contribution >= 0.6 is 11.6 Å². The van der Waals surface area contributed by atoms with Gasteiger partial charge >= 0.3 is 5.97 Å². The largest absolute Gasteiger partial charge is 0.449 e. The monoisotopic (exact) mass is 388 g/mol. The van der Waals surface area contributed by atoms with Crippen molar-refractivity contribution < 1.29 is 14.3 Å². The van der Waals surface area contributed by atoms with Crippen molar-refractivity contribution in [3.8, 4) is 0 Å². The van der Waals surface area contributed by atoms with E-state index < -0.39 is 12.1 Å². The number of aryl methyl sites for hydroxylation is 2.